The molecule has 0 saturated heterocycles. The first-order valence-electron chi connectivity index (χ1n) is 7.85. The van der Waals surface area contributed by atoms with Crippen molar-refractivity contribution >= 4 is 56.6 Å². The third kappa shape index (κ3) is 4.62. The lowest BCUT2D eigenvalue weighted by molar-refractivity contribution is 0.0697. The maximum Gasteiger partial charge on any atom is 0.337 e. The highest BCUT2D eigenvalue weighted by Gasteiger charge is 2.23. The van der Waals surface area contributed by atoms with Crippen molar-refractivity contribution < 1.29 is 18.3 Å². The Morgan fingerprint density at radius 1 is 0.929 bits per heavy atom. The SMILES string of the molecule is O=C(O)c1cc(S(=O)(=O)Nc2ccccc2Sc2ccccc2)c(Cl)cc1Cl. The largest absolute Gasteiger partial charge is 0.478 e. The van der Waals surface area contributed by atoms with Gasteiger partial charge in [-0.25, -0.2) is 13.2 Å². The fraction of sp³-hybridized carbons (Fsp3) is 0. The number of carbonyl (C=O) groups is 1. The van der Waals surface area contributed by atoms with E-state index in [0.29, 0.717) is 10.6 Å². The summed E-state index contributed by atoms with van der Waals surface area (Å²) in [5.41, 5.74) is -0.00219. The van der Waals surface area contributed by atoms with Gasteiger partial charge in [-0.1, -0.05) is 65.3 Å². The van der Waals surface area contributed by atoms with E-state index in [1.165, 1.54) is 11.8 Å². The van der Waals surface area contributed by atoms with Gasteiger partial charge in [0.15, 0.2) is 0 Å². The van der Waals surface area contributed by atoms with Gasteiger partial charge in [0.2, 0.25) is 0 Å². The predicted molar refractivity (Wildman–Crippen MR) is 111 cm³/mol. The summed E-state index contributed by atoms with van der Waals surface area (Å²) in [6.45, 7) is 0. The molecular weight excluding hydrogens is 441 g/mol. The van der Waals surface area contributed by atoms with Crippen LogP contribution >= 0.6 is 35.0 Å². The fourth-order valence-corrected chi connectivity index (χ4v) is 5.28. The number of hydrogen-bond acceptors (Lipinski definition) is 4. The average molecular weight is 454 g/mol. The molecule has 3 rings (SSSR count). The summed E-state index contributed by atoms with van der Waals surface area (Å²) in [7, 11) is -4.15. The van der Waals surface area contributed by atoms with Crippen molar-refractivity contribution in [1.29, 1.82) is 0 Å². The van der Waals surface area contributed by atoms with Crippen molar-refractivity contribution in [3.63, 3.8) is 0 Å². The molecule has 2 N–H and O–H groups in total. The number of halogens is 2. The zero-order valence-electron chi connectivity index (χ0n) is 14.1. The molecular formula is C19H13Cl2NO4S2. The Morgan fingerprint density at radius 2 is 1.57 bits per heavy atom. The highest BCUT2D eigenvalue weighted by Crippen LogP contribution is 2.35. The van der Waals surface area contributed by atoms with E-state index in [1.807, 2.05) is 30.3 Å². The third-order valence-electron chi connectivity index (χ3n) is 3.64. The second kappa shape index (κ2) is 8.45. The molecule has 0 unspecified atom stereocenters. The van der Waals surface area contributed by atoms with E-state index in [-0.39, 0.29) is 20.5 Å². The second-order valence-corrected chi connectivity index (χ2v) is 9.16. The van der Waals surface area contributed by atoms with Gasteiger partial charge in [0, 0.05) is 9.79 Å². The fourth-order valence-electron chi connectivity index (χ4n) is 2.35. The summed E-state index contributed by atoms with van der Waals surface area (Å²) >= 11 is 13.3. The second-order valence-electron chi connectivity index (χ2n) is 5.58. The first kappa shape index (κ1) is 20.5. The van der Waals surface area contributed by atoms with Gasteiger partial charge < -0.3 is 5.11 Å². The van der Waals surface area contributed by atoms with Gasteiger partial charge in [0.05, 0.1) is 21.3 Å². The van der Waals surface area contributed by atoms with Gasteiger partial charge in [-0.05, 0) is 36.4 Å². The summed E-state index contributed by atoms with van der Waals surface area (Å²) in [4.78, 5) is 12.5. The van der Waals surface area contributed by atoms with E-state index in [2.05, 4.69) is 4.72 Å². The van der Waals surface area contributed by atoms with E-state index in [9.17, 15) is 18.3 Å². The van der Waals surface area contributed by atoms with Crippen LogP contribution in [0.25, 0.3) is 0 Å². The summed E-state index contributed by atoms with van der Waals surface area (Å²) in [5.74, 6) is -1.35. The number of nitrogens with one attached hydrogen (secondary N) is 1. The van der Waals surface area contributed by atoms with Crippen LogP contribution in [-0.4, -0.2) is 19.5 Å². The van der Waals surface area contributed by atoms with E-state index in [1.54, 1.807) is 24.3 Å². The molecule has 28 heavy (non-hydrogen) atoms. The monoisotopic (exact) mass is 453 g/mol. The minimum atomic E-state index is -4.15. The van der Waals surface area contributed by atoms with Crippen molar-refractivity contribution in [3.8, 4) is 0 Å². The summed E-state index contributed by atoms with van der Waals surface area (Å²) in [5, 5.41) is 8.89. The minimum absolute atomic E-state index is 0.142. The molecule has 0 bridgehead atoms. The maximum atomic E-state index is 12.9. The number of carboxylic acid groups (broad SMARTS) is 1. The zero-order valence-corrected chi connectivity index (χ0v) is 17.2. The molecule has 0 spiro atoms. The van der Waals surface area contributed by atoms with Crippen molar-refractivity contribution in [2.75, 3.05) is 4.72 Å². The van der Waals surface area contributed by atoms with E-state index in [4.69, 9.17) is 23.2 Å². The van der Waals surface area contributed by atoms with Crippen LogP contribution < -0.4 is 4.72 Å². The highest BCUT2D eigenvalue weighted by molar-refractivity contribution is 7.99. The molecule has 0 aromatic heterocycles. The Kier molecular flexibility index (Phi) is 6.20. The lowest BCUT2D eigenvalue weighted by Crippen LogP contribution is -2.15. The number of anilines is 1. The van der Waals surface area contributed by atoms with Gasteiger partial charge >= 0.3 is 5.97 Å². The van der Waals surface area contributed by atoms with Gasteiger partial charge in [-0.3, -0.25) is 4.72 Å². The number of hydrogen-bond donors (Lipinski definition) is 2. The van der Waals surface area contributed by atoms with Crippen LogP contribution in [-0.2, 0) is 10.0 Å². The van der Waals surface area contributed by atoms with Crippen molar-refractivity contribution in [2.24, 2.45) is 0 Å². The lowest BCUT2D eigenvalue weighted by Gasteiger charge is -2.14. The van der Waals surface area contributed by atoms with Crippen molar-refractivity contribution in [2.45, 2.75) is 14.7 Å². The molecule has 0 radical (unpaired) electrons. The van der Waals surface area contributed by atoms with Crippen LogP contribution in [0.1, 0.15) is 10.4 Å². The normalized spacial score (nSPS) is 11.2. The van der Waals surface area contributed by atoms with Crippen LogP contribution in [0.2, 0.25) is 10.0 Å². The van der Waals surface area contributed by atoms with Crippen molar-refractivity contribution in [3.05, 3.63) is 82.3 Å². The first-order valence-corrected chi connectivity index (χ1v) is 10.9. The molecule has 0 amide bonds. The quantitative estimate of drug-likeness (QED) is 0.504. The smallest absolute Gasteiger partial charge is 0.337 e. The van der Waals surface area contributed by atoms with Crippen LogP contribution in [0.15, 0.2) is 81.4 Å². The molecule has 0 aliphatic heterocycles. The van der Waals surface area contributed by atoms with E-state index in [0.717, 1.165) is 17.0 Å². The van der Waals surface area contributed by atoms with Crippen LogP contribution in [0.5, 0.6) is 0 Å². The van der Waals surface area contributed by atoms with E-state index >= 15 is 0 Å². The number of carboxylic acids is 1. The maximum absolute atomic E-state index is 12.9. The standard InChI is InChI=1S/C19H13Cl2NO4S2/c20-14-11-15(21)18(10-13(14)19(23)24)28(25,26)22-16-8-4-5-9-17(16)27-12-6-2-1-3-7-12/h1-11,22H,(H,23,24). The summed E-state index contributed by atoms with van der Waals surface area (Å²) in [6.07, 6.45) is 0. The molecule has 3 aromatic rings. The first-order chi connectivity index (χ1) is 13.3. The molecule has 0 heterocycles. The van der Waals surface area contributed by atoms with Crippen LogP contribution in [0.3, 0.4) is 0 Å². The van der Waals surface area contributed by atoms with Gasteiger partial charge in [0.25, 0.3) is 10.0 Å². The topological polar surface area (TPSA) is 83.5 Å². The Labute approximate surface area is 176 Å². The summed E-state index contributed by atoms with van der Waals surface area (Å²) in [6, 6.07) is 18.4. The third-order valence-corrected chi connectivity index (χ3v) is 6.87. The summed E-state index contributed by atoms with van der Waals surface area (Å²) < 4.78 is 28.2. The number of benzene rings is 3. The molecule has 0 saturated carbocycles. The van der Waals surface area contributed by atoms with Crippen LogP contribution in [0.4, 0.5) is 5.69 Å². The molecule has 5 nitrogen and oxygen atoms in total. The Balaban J connectivity index is 1.98. The Bertz CT molecular complexity index is 1140. The zero-order chi connectivity index (χ0) is 20.3. The van der Waals surface area contributed by atoms with Crippen molar-refractivity contribution in [1.82, 2.24) is 0 Å². The minimum Gasteiger partial charge on any atom is -0.478 e. The number of sulfonamides is 1. The highest BCUT2D eigenvalue weighted by atomic mass is 35.5. The number of rotatable bonds is 6. The Morgan fingerprint density at radius 3 is 2.25 bits per heavy atom. The predicted octanol–water partition coefficient (Wildman–Crippen LogP) is 5.64. The van der Waals surface area contributed by atoms with Gasteiger partial charge in [-0.2, -0.15) is 0 Å². The van der Waals surface area contributed by atoms with Crippen LogP contribution in [0, 0.1) is 0 Å². The van der Waals surface area contributed by atoms with Gasteiger partial charge in [-0.15, -0.1) is 0 Å². The Hall–Kier alpha value is -2.19. The number of aromatic carboxylic acids is 1. The van der Waals surface area contributed by atoms with E-state index < -0.39 is 16.0 Å². The molecule has 9 heteroatoms. The number of para-hydroxylation sites is 1. The average Bonchev–Trinajstić information content (AvgIpc) is 2.63. The molecule has 0 fully saturated rings. The molecule has 0 aliphatic carbocycles. The molecule has 0 aliphatic rings. The molecule has 0 atom stereocenters. The molecule has 3 aromatic carbocycles. The lowest BCUT2D eigenvalue weighted by atomic mass is 10.2. The molecule has 144 valence electrons. The van der Waals surface area contributed by atoms with Gasteiger partial charge in [0.1, 0.15) is 4.90 Å².